The number of para-hydroxylation sites is 1. The van der Waals surface area contributed by atoms with Crippen LogP contribution in [0, 0.1) is 10.1 Å². The molecular formula is C13H23N5O2. The molecule has 1 aromatic carbocycles. The Kier molecular flexibility index (Phi) is 6.20. The van der Waals surface area contributed by atoms with Crippen molar-refractivity contribution in [1.29, 1.82) is 0 Å². The SMILES string of the molecule is CCN(CCCN(C)C)c1cccc(NN)c1[N+](=O)[O-]. The third kappa shape index (κ3) is 4.07. The van der Waals surface area contributed by atoms with Crippen LogP contribution in [-0.4, -0.2) is 43.6 Å². The summed E-state index contributed by atoms with van der Waals surface area (Å²) in [5, 5.41) is 11.3. The highest BCUT2D eigenvalue weighted by molar-refractivity contribution is 5.76. The summed E-state index contributed by atoms with van der Waals surface area (Å²) >= 11 is 0. The van der Waals surface area contributed by atoms with E-state index in [1.165, 1.54) is 0 Å². The van der Waals surface area contributed by atoms with E-state index in [2.05, 4.69) is 10.3 Å². The largest absolute Gasteiger partial charge is 0.366 e. The van der Waals surface area contributed by atoms with Gasteiger partial charge in [0, 0.05) is 13.1 Å². The summed E-state index contributed by atoms with van der Waals surface area (Å²) in [5.41, 5.74) is 3.36. The molecule has 0 aromatic heterocycles. The van der Waals surface area contributed by atoms with Crippen molar-refractivity contribution in [3.05, 3.63) is 28.3 Å². The van der Waals surface area contributed by atoms with Gasteiger partial charge in [0.1, 0.15) is 11.4 Å². The lowest BCUT2D eigenvalue weighted by atomic mass is 10.2. The Morgan fingerprint density at radius 3 is 2.55 bits per heavy atom. The second kappa shape index (κ2) is 7.66. The van der Waals surface area contributed by atoms with Crippen LogP contribution in [0.3, 0.4) is 0 Å². The zero-order valence-electron chi connectivity index (χ0n) is 12.3. The summed E-state index contributed by atoms with van der Waals surface area (Å²) in [6, 6.07) is 5.14. The second-order valence-electron chi connectivity index (χ2n) is 4.81. The summed E-state index contributed by atoms with van der Waals surface area (Å²) in [6.07, 6.45) is 0.943. The van der Waals surface area contributed by atoms with Gasteiger partial charge in [-0.1, -0.05) is 6.07 Å². The van der Waals surface area contributed by atoms with Crippen LogP contribution >= 0.6 is 0 Å². The molecule has 0 aliphatic heterocycles. The van der Waals surface area contributed by atoms with Crippen LogP contribution in [0.25, 0.3) is 0 Å². The first-order valence-electron chi connectivity index (χ1n) is 6.65. The fourth-order valence-corrected chi connectivity index (χ4v) is 2.12. The molecule has 1 rings (SSSR count). The van der Waals surface area contributed by atoms with Crippen LogP contribution in [0.4, 0.5) is 17.1 Å². The fourth-order valence-electron chi connectivity index (χ4n) is 2.12. The number of nitrogens with two attached hydrogens (primary N) is 1. The number of hydrogen-bond donors (Lipinski definition) is 2. The molecule has 0 atom stereocenters. The first-order valence-corrected chi connectivity index (χ1v) is 6.65. The minimum atomic E-state index is -0.390. The average molecular weight is 281 g/mol. The zero-order chi connectivity index (χ0) is 15.1. The van der Waals surface area contributed by atoms with Gasteiger partial charge in [0.2, 0.25) is 0 Å². The van der Waals surface area contributed by atoms with E-state index < -0.39 is 0 Å². The molecule has 0 amide bonds. The van der Waals surface area contributed by atoms with Crippen molar-refractivity contribution < 1.29 is 4.92 Å². The van der Waals surface area contributed by atoms with E-state index in [-0.39, 0.29) is 10.6 Å². The molecule has 0 aliphatic carbocycles. The molecule has 0 aliphatic rings. The average Bonchev–Trinajstić information content (AvgIpc) is 2.42. The van der Waals surface area contributed by atoms with E-state index in [0.717, 1.165) is 19.5 Å². The van der Waals surface area contributed by atoms with E-state index in [1.807, 2.05) is 25.9 Å². The lowest BCUT2D eigenvalue weighted by Crippen LogP contribution is -2.28. The van der Waals surface area contributed by atoms with Crippen LogP contribution in [0.1, 0.15) is 13.3 Å². The van der Waals surface area contributed by atoms with Gasteiger partial charge in [-0.05, 0) is 46.1 Å². The smallest absolute Gasteiger partial charge is 0.316 e. The summed E-state index contributed by atoms with van der Waals surface area (Å²) in [7, 11) is 4.02. The Morgan fingerprint density at radius 1 is 1.35 bits per heavy atom. The number of benzene rings is 1. The number of nitrogens with zero attached hydrogens (tertiary/aromatic N) is 3. The normalized spacial score (nSPS) is 10.7. The molecule has 0 bridgehead atoms. The summed E-state index contributed by atoms with van der Waals surface area (Å²) < 4.78 is 0. The number of hydrazine groups is 1. The van der Waals surface area contributed by atoms with Crippen molar-refractivity contribution in [2.75, 3.05) is 44.1 Å². The van der Waals surface area contributed by atoms with Crippen LogP contribution in [-0.2, 0) is 0 Å². The van der Waals surface area contributed by atoms with Gasteiger partial charge in [-0.2, -0.15) is 0 Å². The van der Waals surface area contributed by atoms with Gasteiger partial charge in [0.15, 0.2) is 0 Å². The first kappa shape index (κ1) is 16.2. The molecule has 0 spiro atoms. The maximum Gasteiger partial charge on any atom is 0.316 e. The van der Waals surface area contributed by atoms with E-state index >= 15 is 0 Å². The third-order valence-corrected chi connectivity index (χ3v) is 3.11. The molecule has 0 radical (unpaired) electrons. The van der Waals surface area contributed by atoms with Crippen molar-refractivity contribution >= 4 is 17.1 Å². The Morgan fingerprint density at radius 2 is 2.05 bits per heavy atom. The van der Waals surface area contributed by atoms with E-state index in [9.17, 15) is 10.1 Å². The molecule has 0 unspecified atom stereocenters. The third-order valence-electron chi connectivity index (χ3n) is 3.11. The van der Waals surface area contributed by atoms with Gasteiger partial charge in [0.25, 0.3) is 0 Å². The number of nitro benzene ring substituents is 1. The molecule has 7 heteroatoms. The van der Waals surface area contributed by atoms with Gasteiger partial charge in [0.05, 0.1) is 4.92 Å². The number of nitro groups is 1. The van der Waals surface area contributed by atoms with Crippen LogP contribution in [0.15, 0.2) is 18.2 Å². The number of nitrogens with one attached hydrogen (secondary N) is 1. The number of nitrogen functional groups attached to an aromatic ring is 1. The fraction of sp³-hybridized carbons (Fsp3) is 0.538. The predicted octanol–water partition coefficient (Wildman–Crippen LogP) is 1.66. The van der Waals surface area contributed by atoms with Crippen molar-refractivity contribution in [2.45, 2.75) is 13.3 Å². The Balaban J connectivity index is 2.99. The highest BCUT2D eigenvalue weighted by atomic mass is 16.6. The molecule has 0 fully saturated rings. The van der Waals surface area contributed by atoms with E-state index in [1.54, 1.807) is 18.2 Å². The van der Waals surface area contributed by atoms with Gasteiger partial charge in [-0.15, -0.1) is 0 Å². The lowest BCUT2D eigenvalue weighted by molar-refractivity contribution is -0.383. The summed E-state index contributed by atoms with van der Waals surface area (Å²) in [4.78, 5) is 15.0. The second-order valence-corrected chi connectivity index (χ2v) is 4.81. The topological polar surface area (TPSA) is 87.7 Å². The molecule has 7 nitrogen and oxygen atoms in total. The van der Waals surface area contributed by atoms with Gasteiger partial charge in [-0.25, -0.2) is 0 Å². The molecule has 112 valence electrons. The lowest BCUT2D eigenvalue weighted by Gasteiger charge is -2.24. The number of rotatable bonds is 8. The standard InChI is InChI=1S/C13H23N5O2/c1-4-17(10-6-9-16(2)3)12-8-5-7-11(15-14)13(12)18(19)20/h5,7-8,15H,4,6,9-10,14H2,1-3H3. The predicted molar refractivity (Wildman–Crippen MR) is 82.0 cm³/mol. The van der Waals surface area contributed by atoms with E-state index in [0.29, 0.717) is 17.9 Å². The Hall–Kier alpha value is -1.86. The summed E-state index contributed by atoms with van der Waals surface area (Å²) in [6.45, 7) is 4.41. The minimum Gasteiger partial charge on any atom is -0.366 e. The van der Waals surface area contributed by atoms with Crippen molar-refractivity contribution in [1.82, 2.24) is 4.90 Å². The van der Waals surface area contributed by atoms with Crippen molar-refractivity contribution in [2.24, 2.45) is 5.84 Å². The molecule has 0 heterocycles. The first-order chi connectivity index (χ1) is 9.51. The quantitative estimate of drug-likeness (QED) is 0.428. The maximum absolute atomic E-state index is 11.3. The van der Waals surface area contributed by atoms with Crippen molar-refractivity contribution in [3.63, 3.8) is 0 Å². The maximum atomic E-state index is 11.3. The van der Waals surface area contributed by atoms with Crippen LogP contribution in [0.2, 0.25) is 0 Å². The van der Waals surface area contributed by atoms with Gasteiger partial charge >= 0.3 is 5.69 Å². The molecule has 0 saturated carbocycles. The molecule has 1 aromatic rings. The molecular weight excluding hydrogens is 258 g/mol. The molecule has 0 saturated heterocycles. The highest BCUT2D eigenvalue weighted by Crippen LogP contribution is 2.34. The number of anilines is 2. The van der Waals surface area contributed by atoms with Gasteiger partial charge < -0.3 is 15.2 Å². The highest BCUT2D eigenvalue weighted by Gasteiger charge is 2.22. The molecule has 20 heavy (non-hydrogen) atoms. The Bertz CT molecular complexity index is 450. The van der Waals surface area contributed by atoms with Crippen molar-refractivity contribution in [3.8, 4) is 0 Å². The number of hydrogen-bond acceptors (Lipinski definition) is 6. The van der Waals surface area contributed by atoms with Crippen LogP contribution < -0.4 is 16.2 Å². The molecule has 3 N–H and O–H groups in total. The Labute approximate surface area is 119 Å². The van der Waals surface area contributed by atoms with Crippen LogP contribution in [0.5, 0.6) is 0 Å². The minimum absolute atomic E-state index is 0.0294. The van der Waals surface area contributed by atoms with E-state index in [4.69, 9.17) is 5.84 Å². The monoisotopic (exact) mass is 281 g/mol. The summed E-state index contributed by atoms with van der Waals surface area (Å²) in [5.74, 6) is 5.36. The zero-order valence-corrected chi connectivity index (χ0v) is 12.3. The van der Waals surface area contributed by atoms with Gasteiger partial charge in [-0.3, -0.25) is 16.0 Å².